The molecule has 1 saturated carbocycles. The maximum atomic E-state index is 13.3. The zero-order valence-corrected chi connectivity index (χ0v) is 67.3. The van der Waals surface area contributed by atoms with E-state index in [0.29, 0.717) is 156 Å². The highest BCUT2D eigenvalue weighted by Crippen LogP contribution is 2.46. The second kappa shape index (κ2) is 34.6. The SMILES string of the molecule is COc1ccc(S(=O)(=O)N2CCC3(CC2)NCCC(=O)N3)cc1.COc1ccc(S(=O)(=O)N2CCC3(NCCO3)C3CCCCC32)cc1.COc1ccc(S(=O)(=O)N2CCOC23CCCNC3)cc1.O=S(=O)(c1cccc2cccnc12)N1CCC2(CC1)NCCO2.O=S(=O)(c1cccs1)N1CCC2(CC1)NCCO2. The van der Waals surface area contributed by atoms with Gasteiger partial charge in [0.15, 0.2) is 0 Å². The van der Waals surface area contributed by atoms with E-state index in [0.717, 1.165) is 89.5 Å². The second-order valence-electron chi connectivity index (χ2n) is 29.0. The molecule has 12 heterocycles. The van der Waals surface area contributed by atoms with Gasteiger partial charge in [0.05, 0.1) is 73.6 Å². The first-order valence-electron chi connectivity index (χ1n) is 37.8. The monoisotopic (exact) mass is 1640 g/mol. The zero-order valence-electron chi connectivity index (χ0n) is 62.4. The molecule has 602 valence electrons. The molecule has 6 aromatic rings. The van der Waals surface area contributed by atoms with Gasteiger partial charge in [-0.05, 0) is 141 Å². The number of carbonyl (C=O) groups excluding carboxylic acids is 1. The van der Waals surface area contributed by atoms with Crippen LogP contribution in [0.15, 0.2) is 151 Å². The third kappa shape index (κ3) is 17.6. The molecule has 11 aliphatic rings. The van der Waals surface area contributed by atoms with Gasteiger partial charge in [-0.15, -0.1) is 11.3 Å². The number of amides is 1. The van der Waals surface area contributed by atoms with E-state index in [1.54, 1.807) is 143 Å². The summed E-state index contributed by atoms with van der Waals surface area (Å²) in [6, 6.07) is 32.0. The number of thiophene rings is 1. The molecule has 5 spiro atoms. The average Bonchev–Trinajstić information content (AvgIpc) is 1.41. The standard InChI is InChI=1S/C18H26N2O4S.C16H19N3O3S.C15H21N3O4S.C14H20N2O4S.C11H16N2O3S2/c1-23-14-6-8-15(9-7-14)25(21,22)20-12-10-18(19-11-13-24-18)16-4-2-3-5-17(16)20;20-23(21,14-5-1-3-13-4-2-8-17-15(13)14)19-10-6-16(7-11-19)18-9-12-22-16;1-22-12-2-4-13(5-3-12)23(20,21)18-10-7-15(8-11-18)16-9-6-14(19)17-15;1-19-12-3-5-13(6-4-12)21(17,18)16-9-10-20-14(16)7-2-8-15-11-14;14-18(15,10-2-1-9-17-10)13-6-3-11(4-7-13)12-5-8-16-11/h6-9,16-17,19H,2-5,10-13H2,1H3;1-5,8,18H,6-7,9-12H2;2-5,16H,6-11H2,1H3,(H,17,19);3-6,15H,2,7-11H2,1H3;1-2,9,12H,3-8H2. The Kier molecular flexibility index (Phi) is 25.8. The summed E-state index contributed by atoms with van der Waals surface area (Å²) in [4.78, 5) is 17.0. The minimum atomic E-state index is -3.56. The van der Waals surface area contributed by atoms with E-state index in [4.69, 9.17) is 33.2 Å². The summed E-state index contributed by atoms with van der Waals surface area (Å²) in [5.41, 5.74) is -1.58. The number of methoxy groups -OCH3 is 3. The van der Waals surface area contributed by atoms with Gasteiger partial charge in [-0.1, -0.05) is 37.1 Å². The van der Waals surface area contributed by atoms with Gasteiger partial charge in [-0.3, -0.25) is 31.0 Å². The molecule has 4 atom stereocenters. The van der Waals surface area contributed by atoms with Crippen molar-refractivity contribution in [3.8, 4) is 17.2 Å². The van der Waals surface area contributed by atoms with Crippen molar-refractivity contribution in [1.82, 2.24) is 58.4 Å². The highest BCUT2D eigenvalue weighted by Gasteiger charge is 2.55. The molecule has 1 amide bonds. The van der Waals surface area contributed by atoms with Crippen molar-refractivity contribution >= 4 is 78.3 Å². The van der Waals surface area contributed by atoms with Gasteiger partial charge in [-0.2, -0.15) is 21.5 Å². The molecule has 4 unspecified atom stereocenters. The Morgan fingerprint density at radius 2 is 1.03 bits per heavy atom. The molecule has 17 rings (SSSR count). The Morgan fingerprint density at radius 3 is 1.56 bits per heavy atom. The van der Waals surface area contributed by atoms with Crippen LogP contribution in [-0.2, 0) is 73.9 Å². The molecule has 36 heteroatoms. The number of piperidine rings is 5. The summed E-state index contributed by atoms with van der Waals surface area (Å²) in [5.74, 6) is 2.17. The van der Waals surface area contributed by atoms with Crippen LogP contribution in [0.3, 0.4) is 0 Å². The van der Waals surface area contributed by atoms with E-state index in [9.17, 15) is 46.9 Å². The van der Waals surface area contributed by atoms with Crippen molar-refractivity contribution < 1.29 is 80.0 Å². The lowest BCUT2D eigenvalue weighted by Gasteiger charge is -2.51. The number of ether oxygens (including phenoxy) is 7. The number of hydrogen-bond acceptors (Lipinski definition) is 25. The molecule has 30 nitrogen and oxygen atoms in total. The fraction of sp³-hybridized carbons (Fsp3) is 0.568. The largest absolute Gasteiger partial charge is 0.497 e. The van der Waals surface area contributed by atoms with Crippen molar-refractivity contribution in [2.45, 2.75) is 148 Å². The van der Waals surface area contributed by atoms with Gasteiger partial charge < -0.3 is 43.8 Å². The Bertz CT molecular complexity index is 4670. The van der Waals surface area contributed by atoms with E-state index >= 15 is 0 Å². The molecule has 2 aromatic heterocycles. The first-order chi connectivity index (χ1) is 52.8. The molecule has 0 radical (unpaired) electrons. The van der Waals surface area contributed by atoms with Crippen molar-refractivity contribution in [2.24, 2.45) is 5.92 Å². The Balaban J connectivity index is 0.000000121. The lowest BCUT2D eigenvalue weighted by Crippen LogP contribution is -2.67. The van der Waals surface area contributed by atoms with Crippen LogP contribution in [0, 0.1) is 5.92 Å². The highest BCUT2D eigenvalue weighted by atomic mass is 32.2. The normalized spacial score (nSPS) is 25.9. The first-order valence-corrected chi connectivity index (χ1v) is 45.8. The van der Waals surface area contributed by atoms with Gasteiger partial charge >= 0.3 is 0 Å². The molecule has 10 saturated heterocycles. The maximum absolute atomic E-state index is 13.3. The van der Waals surface area contributed by atoms with E-state index < -0.39 is 61.5 Å². The molecular formula is C74H102N12O18S6. The molecule has 4 aromatic carbocycles. The van der Waals surface area contributed by atoms with Crippen LogP contribution in [0.1, 0.15) is 89.9 Å². The first kappa shape index (κ1) is 82.0. The predicted octanol–water partition coefficient (Wildman–Crippen LogP) is 5.23. The maximum Gasteiger partial charge on any atom is 0.252 e. The highest BCUT2D eigenvalue weighted by molar-refractivity contribution is 7.91. The number of para-hydroxylation sites is 1. The number of rotatable bonds is 13. The zero-order chi connectivity index (χ0) is 77.5. The fourth-order valence-electron chi connectivity index (χ4n) is 16.8. The van der Waals surface area contributed by atoms with Gasteiger partial charge in [0, 0.05) is 147 Å². The third-order valence-corrected chi connectivity index (χ3v) is 33.7. The molecule has 11 fully saturated rings. The number of sulfonamides is 5. The smallest absolute Gasteiger partial charge is 0.252 e. The number of benzene rings is 4. The molecule has 10 aliphatic heterocycles. The van der Waals surface area contributed by atoms with Gasteiger partial charge in [-0.25, -0.2) is 42.1 Å². The number of nitrogens with one attached hydrogen (secondary N) is 6. The van der Waals surface area contributed by atoms with Crippen molar-refractivity contribution in [1.29, 1.82) is 0 Å². The minimum absolute atomic E-state index is 0.0141. The second-order valence-corrected chi connectivity index (χ2v) is 39.7. The van der Waals surface area contributed by atoms with Crippen LogP contribution >= 0.6 is 11.3 Å². The fourth-order valence-corrected chi connectivity index (χ4v) is 25.8. The molecular weight excluding hydrogens is 1540 g/mol. The number of aromatic nitrogens is 1. The van der Waals surface area contributed by atoms with E-state index in [2.05, 4.69) is 36.9 Å². The molecule has 110 heavy (non-hydrogen) atoms. The average molecular weight is 1640 g/mol. The van der Waals surface area contributed by atoms with Crippen LogP contribution in [0.4, 0.5) is 0 Å². The topological polar surface area (TPSA) is 354 Å². The number of nitrogens with zero attached hydrogens (tertiary/aromatic N) is 6. The van der Waals surface area contributed by atoms with Crippen LogP contribution in [0.25, 0.3) is 10.9 Å². The Labute approximate surface area is 650 Å². The summed E-state index contributed by atoms with van der Waals surface area (Å²) >= 11 is 1.27. The summed E-state index contributed by atoms with van der Waals surface area (Å²) in [7, 11) is -12.8. The van der Waals surface area contributed by atoms with Crippen LogP contribution in [0.2, 0.25) is 0 Å². The van der Waals surface area contributed by atoms with E-state index in [-0.39, 0.29) is 49.7 Å². The quantitative estimate of drug-likeness (QED) is 0.0862. The van der Waals surface area contributed by atoms with E-state index in [1.807, 2.05) is 18.2 Å². The van der Waals surface area contributed by atoms with Crippen LogP contribution in [0.5, 0.6) is 17.2 Å². The Hall–Kier alpha value is -5.95. The summed E-state index contributed by atoms with van der Waals surface area (Å²) < 4.78 is 175. The number of hydrogen-bond donors (Lipinski definition) is 6. The number of pyridine rings is 1. The molecule has 6 N–H and O–H groups in total. The summed E-state index contributed by atoms with van der Waals surface area (Å²) in [6.07, 6.45) is 12.5. The van der Waals surface area contributed by atoms with Gasteiger partial charge in [0.1, 0.15) is 49.3 Å². The van der Waals surface area contributed by atoms with Crippen molar-refractivity contribution in [2.75, 3.05) is 139 Å². The van der Waals surface area contributed by atoms with Crippen molar-refractivity contribution in [3.05, 3.63) is 127 Å². The third-order valence-electron chi connectivity index (χ3n) is 22.7. The lowest BCUT2D eigenvalue weighted by atomic mass is 9.74. The van der Waals surface area contributed by atoms with Gasteiger partial charge in [0.25, 0.3) is 10.0 Å². The molecule has 0 bridgehead atoms. The van der Waals surface area contributed by atoms with Crippen LogP contribution < -0.4 is 46.1 Å². The number of carbonyl (C=O) groups is 1. The van der Waals surface area contributed by atoms with Gasteiger partial charge in [0.2, 0.25) is 46.0 Å². The summed E-state index contributed by atoms with van der Waals surface area (Å²) in [5, 5.41) is 22.4. The minimum Gasteiger partial charge on any atom is -0.497 e. The summed E-state index contributed by atoms with van der Waals surface area (Å²) in [6.45, 7) is 10.8. The molecule has 1 aliphatic carbocycles. The lowest BCUT2D eigenvalue weighted by molar-refractivity contribution is -0.126. The predicted molar refractivity (Wildman–Crippen MR) is 412 cm³/mol. The number of fused-ring (bicyclic) bond motifs is 3. The van der Waals surface area contributed by atoms with Crippen molar-refractivity contribution in [3.63, 3.8) is 0 Å². The van der Waals surface area contributed by atoms with Crippen LogP contribution in [-0.4, -0.2) is 248 Å². The Morgan fingerprint density at radius 1 is 0.482 bits per heavy atom. The van der Waals surface area contributed by atoms with E-state index in [1.165, 1.54) is 19.9 Å².